The van der Waals surface area contributed by atoms with Gasteiger partial charge in [0, 0.05) is 12.2 Å². The molecule has 2 nitrogen and oxygen atoms in total. The Hall–Kier alpha value is -1.30. The predicted molar refractivity (Wildman–Crippen MR) is 51.6 cm³/mol. The molecule has 0 saturated carbocycles. The summed E-state index contributed by atoms with van der Waals surface area (Å²) in [5, 5.41) is 2.66. The summed E-state index contributed by atoms with van der Waals surface area (Å²) in [4.78, 5) is 0. The normalized spacial score (nSPS) is 11.6. The lowest BCUT2D eigenvalue weighted by Crippen LogP contribution is -2.19. The number of nitrogens with one attached hydrogen (secondary N) is 1. The van der Waals surface area contributed by atoms with Gasteiger partial charge in [-0.05, 0) is 24.6 Å². The zero-order chi connectivity index (χ0) is 12.2. The van der Waals surface area contributed by atoms with E-state index in [-0.39, 0.29) is 6.54 Å². The monoisotopic (exact) mass is 237 g/mol. The quantitative estimate of drug-likeness (QED) is 0.641. The molecule has 6 heteroatoms. The van der Waals surface area contributed by atoms with Gasteiger partial charge < -0.3 is 5.32 Å². The Bertz CT molecular complexity index is 351. The maximum Gasteiger partial charge on any atom is 0.522 e. The molecule has 0 heterocycles. The van der Waals surface area contributed by atoms with Crippen molar-refractivity contribution >= 4 is 5.69 Å². The molecule has 0 aliphatic carbocycles. The highest BCUT2D eigenvalue weighted by Crippen LogP contribution is 2.17. The number of hydrogen-bond acceptors (Lipinski definition) is 2. The second-order valence-electron chi connectivity index (χ2n) is 3.18. The molecule has 0 bridgehead atoms. The number of ether oxygens (including phenoxy) is 1. The molecule has 0 fully saturated rings. The summed E-state index contributed by atoms with van der Waals surface area (Å²) in [5.41, 5.74) is 1.22. The summed E-state index contributed by atoms with van der Waals surface area (Å²) in [7, 11) is 0. The molecule has 1 aromatic rings. The van der Waals surface area contributed by atoms with Crippen molar-refractivity contribution in [2.24, 2.45) is 0 Å². The van der Waals surface area contributed by atoms with Crippen LogP contribution < -0.4 is 5.32 Å². The third kappa shape index (κ3) is 4.48. The minimum absolute atomic E-state index is 0.0379. The lowest BCUT2D eigenvalue weighted by Gasteiger charge is -2.11. The van der Waals surface area contributed by atoms with Gasteiger partial charge in [-0.1, -0.05) is 6.07 Å². The van der Waals surface area contributed by atoms with E-state index >= 15 is 0 Å². The van der Waals surface area contributed by atoms with Crippen molar-refractivity contribution in [3.05, 3.63) is 29.6 Å². The van der Waals surface area contributed by atoms with Crippen LogP contribution in [-0.4, -0.2) is 19.5 Å². The number of hydrogen-bond donors (Lipinski definition) is 1. The van der Waals surface area contributed by atoms with Crippen LogP contribution >= 0.6 is 0 Å². The Morgan fingerprint density at radius 2 is 2.00 bits per heavy atom. The van der Waals surface area contributed by atoms with Gasteiger partial charge in [-0.25, -0.2) is 4.39 Å². The van der Waals surface area contributed by atoms with Gasteiger partial charge in [-0.3, -0.25) is 4.74 Å². The second kappa shape index (κ2) is 5.16. The van der Waals surface area contributed by atoms with Crippen LogP contribution in [0.25, 0.3) is 0 Å². The lowest BCUT2D eigenvalue weighted by atomic mass is 10.2. The predicted octanol–water partition coefficient (Wildman–Crippen LogP) is 3.08. The molecule has 0 saturated heterocycles. The molecule has 1 aromatic carbocycles. The largest absolute Gasteiger partial charge is 0.522 e. The number of anilines is 1. The van der Waals surface area contributed by atoms with Gasteiger partial charge in [-0.2, -0.15) is 0 Å². The van der Waals surface area contributed by atoms with Crippen molar-refractivity contribution in [3.8, 4) is 0 Å². The van der Waals surface area contributed by atoms with Gasteiger partial charge in [0.25, 0.3) is 0 Å². The number of halogens is 4. The molecule has 90 valence electrons. The highest BCUT2D eigenvalue weighted by Gasteiger charge is 2.28. The van der Waals surface area contributed by atoms with Crippen LogP contribution in [0.4, 0.5) is 23.2 Å². The molecular weight excluding hydrogens is 226 g/mol. The number of rotatable bonds is 4. The standard InChI is InChI=1S/C10H11F4NO/c1-7-2-3-8(11)6-9(7)15-4-5-16-10(12,13)14/h2-3,6,15H,4-5H2,1H3. The summed E-state index contributed by atoms with van der Waals surface area (Å²) in [6.07, 6.45) is -4.63. The van der Waals surface area contributed by atoms with Gasteiger partial charge in [0.2, 0.25) is 0 Å². The summed E-state index contributed by atoms with van der Waals surface area (Å²) in [6, 6.07) is 4.05. The molecule has 0 radical (unpaired) electrons. The Labute approximate surface area is 90.2 Å². The van der Waals surface area contributed by atoms with E-state index in [4.69, 9.17) is 0 Å². The molecule has 0 spiro atoms. The van der Waals surface area contributed by atoms with E-state index in [1.54, 1.807) is 13.0 Å². The molecule has 0 unspecified atom stereocenters. The van der Waals surface area contributed by atoms with Gasteiger partial charge >= 0.3 is 6.36 Å². The average Bonchev–Trinajstić information content (AvgIpc) is 2.16. The third-order valence-corrected chi connectivity index (χ3v) is 1.88. The zero-order valence-electron chi connectivity index (χ0n) is 8.57. The van der Waals surface area contributed by atoms with Gasteiger partial charge in [0.15, 0.2) is 0 Å². The topological polar surface area (TPSA) is 21.3 Å². The molecule has 0 atom stereocenters. The summed E-state index contributed by atoms with van der Waals surface area (Å²) in [5.74, 6) is -0.440. The molecule has 16 heavy (non-hydrogen) atoms. The fourth-order valence-electron chi connectivity index (χ4n) is 1.14. The first-order valence-electron chi connectivity index (χ1n) is 4.59. The Morgan fingerprint density at radius 1 is 1.31 bits per heavy atom. The van der Waals surface area contributed by atoms with E-state index in [0.29, 0.717) is 5.69 Å². The van der Waals surface area contributed by atoms with Gasteiger partial charge in [0.05, 0.1) is 6.61 Å². The van der Waals surface area contributed by atoms with Crippen LogP contribution in [0.2, 0.25) is 0 Å². The number of alkyl halides is 3. The van der Waals surface area contributed by atoms with Crippen molar-refractivity contribution < 1.29 is 22.3 Å². The van der Waals surface area contributed by atoms with Crippen molar-refractivity contribution in [3.63, 3.8) is 0 Å². The van der Waals surface area contributed by atoms with Crippen molar-refractivity contribution in [2.75, 3.05) is 18.5 Å². The minimum Gasteiger partial charge on any atom is -0.382 e. The van der Waals surface area contributed by atoms with E-state index in [0.717, 1.165) is 5.56 Å². The van der Waals surface area contributed by atoms with Crippen LogP contribution in [0, 0.1) is 12.7 Å². The van der Waals surface area contributed by atoms with Crippen LogP contribution in [0.1, 0.15) is 5.56 Å². The van der Waals surface area contributed by atoms with Crippen molar-refractivity contribution in [1.29, 1.82) is 0 Å². The smallest absolute Gasteiger partial charge is 0.382 e. The molecular formula is C10H11F4NO. The van der Waals surface area contributed by atoms with Crippen LogP contribution in [0.15, 0.2) is 18.2 Å². The van der Waals surface area contributed by atoms with Crippen molar-refractivity contribution in [1.82, 2.24) is 0 Å². The van der Waals surface area contributed by atoms with E-state index < -0.39 is 18.8 Å². The van der Waals surface area contributed by atoms with Gasteiger partial charge in [-0.15, -0.1) is 13.2 Å². The van der Waals surface area contributed by atoms with Crippen LogP contribution in [0.5, 0.6) is 0 Å². The molecule has 1 rings (SSSR count). The van der Waals surface area contributed by atoms with E-state index in [1.807, 2.05) is 0 Å². The van der Waals surface area contributed by atoms with E-state index in [9.17, 15) is 17.6 Å². The molecule has 0 amide bonds. The Kier molecular flexibility index (Phi) is 4.12. The third-order valence-electron chi connectivity index (χ3n) is 1.88. The van der Waals surface area contributed by atoms with Crippen LogP contribution in [-0.2, 0) is 4.74 Å². The maximum atomic E-state index is 12.8. The summed E-state index contributed by atoms with van der Waals surface area (Å²) < 4.78 is 51.2. The number of aryl methyl sites for hydroxylation is 1. The molecule has 0 aliphatic heterocycles. The molecule has 1 N–H and O–H groups in total. The first-order chi connectivity index (χ1) is 7.38. The molecule has 0 aromatic heterocycles. The van der Waals surface area contributed by atoms with E-state index in [2.05, 4.69) is 10.1 Å². The zero-order valence-corrected chi connectivity index (χ0v) is 8.57. The average molecular weight is 237 g/mol. The van der Waals surface area contributed by atoms with Gasteiger partial charge in [0.1, 0.15) is 5.82 Å². The summed E-state index contributed by atoms with van der Waals surface area (Å²) >= 11 is 0. The fraction of sp³-hybridized carbons (Fsp3) is 0.400. The lowest BCUT2D eigenvalue weighted by molar-refractivity contribution is -0.322. The van der Waals surface area contributed by atoms with Crippen LogP contribution in [0.3, 0.4) is 0 Å². The van der Waals surface area contributed by atoms with E-state index in [1.165, 1.54) is 12.1 Å². The van der Waals surface area contributed by atoms with Crippen molar-refractivity contribution in [2.45, 2.75) is 13.3 Å². The highest BCUT2D eigenvalue weighted by atomic mass is 19.4. The first-order valence-corrected chi connectivity index (χ1v) is 4.59. The maximum absolute atomic E-state index is 12.8. The molecule has 0 aliphatic rings. The second-order valence-corrected chi connectivity index (χ2v) is 3.18. The Morgan fingerprint density at radius 3 is 2.62 bits per heavy atom. The minimum atomic E-state index is -4.63. The fourth-order valence-corrected chi connectivity index (χ4v) is 1.14. The first kappa shape index (κ1) is 12.8. The summed E-state index contributed by atoms with van der Waals surface area (Å²) in [6.45, 7) is 1.18. The number of benzene rings is 1. The highest BCUT2D eigenvalue weighted by molar-refractivity contribution is 5.50. The SMILES string of the molecule is Cc1ccc(F)cc1NCCOC(F)(F)F. The Balaban J connectivity index is 2.40.